The van der Waals surface area contributed by atoms with Crippen molar-refractivity contribution in [2.75, 3.05) is 45.9 Å². The number of ether oxygens (including phenoxy) is 1. The van der Waals surface area contributed by atoms with Gasteiger partial charge in [0.2, 0.25) is 5.78 Å². The molecule has 1 aliphatic heterocycles. The maximum atomic E-state index is 13.0. The van der Waals surface area contributed by atoms with E-state index in [9.17, 15) is 24.0 Å². The molecule has 0 saturated carbocycles. The van der Waals surface area contributed by atoms with Crippen LogP contribution in [0.4, 0.5) is 0 Å². The third-order valence-corrected chi connectivity index (χ3v) is 7.64. The van der Waals surface area contributed by atoms with Gasteiger partial charge in [-0.2, -0.15) is 0 Å². The van der Waals surface area contributed by atoms with Gasteiger partial charge in [-0.25, -0.2) is 34.1 Å². The predicted molar refractivity (Wildman–Crippen MR) is 183 cm³/mol. The topological polar surface area (TPSA) is 235 Å². The van der Waals surface area contributed by atoms with Gasteiger partial charge in [-0.05, 0) is 32.4 Å². The molecule has 0 atom stereocenters. The smallest absolute Gasteiger partial charge is 0.328 e. The molecule has 5 rings (SSSR count). The summed E-state index contributed by atoms with van der Waals surface area (Å²) in [5.74, 6) is -3.30. The van der Waals surface area contributed by atoms with Gasteiger partial charge < -0.3 is 39.2 Å². The van der Waals surface area contributed by atoms with Crippen molar-refractivity contribution in [1.29, 1.82) is 0 Å². The molecule has 18 nitrogen and oxygen atoms in total. The number of aliphatic carboxylic acids is 4. The van der Waals surface area contributed by atoms with Crippen LogP contribution in [-0.4, -0.2) is 129 Å². The van der Waals surface area contributed by atoms with Crippen LogP contribution in [0.2, 0.25) is 0 Å². The molecular formula is C33H42N8O10. The molecule has 4 N–H and O–H groups in total. The zero-order valence-electron chi connectivity index (χ0n) is 28.6. The molecule has 0 spiro atoms. The Balaban J connectivity index is 0.000000366. The molecule has 1 saturated heterocycles. The molecule has 0 aliphatic carbocycles. The molecule has 1 fully saturated rings. The number of fused-ring (bicyclic) bond motifs is 2. The highest BCUT2D eigenvalue weighted by Crippen LogP contribution is 2.16. The highest BCUT2D eigenvalue weighted by molar-refractivity contribution is 5.90. The first kappa shape index (κ1) is 39.7. The first-order chi connectivity index (χ1) is 24.3. The van der Waals surface area contributed by atoms with Crippen molar-refractivity contribution in [1.82, 2.24) is 38.3 Å². The first-order valence-corrected chi connectivity index (χ1v) is 15.9. The fourth-order valence-electron chi connectivity index (χ4n) is 5.15. The van der Waals surface area contributed by atoms with Crippen LogP contribution in [0.3, 0.4) is 0 Å². The summed E-state index contributed by atoms with van der Waals surface area (Å²) in [5, 5.41) is 31.2. The number of aryl methyl sites for hydroxylation is 2. The lowest BCUT2D eigenvalue weighted by Crippen LogP contribution is -2.47. The molecule has 1 aliphatic rings. The maximum Gasteiger partial charge on any atom is 0.328 e. The lowest BCUT2D eigenvalue weighted by Gasteiger charge is -2.34. The summed E-state index contributed by atoms with van der Waals surface area (Å²) in [6.45, 7) is 11.6. The number of piperazine rings is 1. The predicted octanol–water partition coefficient (Wildman–Crippen LogP) is 0.907. The number of carboxylic acids is 4. The summed E-state index contributed by atoms with van der Waals surface area (Å²) in [4.78, 5) is 70.1. The monoisotopic (exact) mass is 710 g/mol. The first-order valence-electron chi connectivity index (χ1n) is 15.9. The average Bonchev–Trinajstić information content (AvgIpc) is 3.63. The van der Waals surface area contributed by atoms with Crippen molar-refractivity contribution >= 4 is 40.8 Å². The van der Waals surface area contributed by atoms with E-state index in [0.29, 0.717) is 49.7 Å². The number of carbonyl (C=O) groups is 4. The van der Waals surface area contributed by atoms with Gasteiger partial charge in [0.1, 0.15) is 11.3 Å². The Morgan fingerprint density at radius 3 is 2.02 bits per heavy atom. The Bertz CT molecular complexity index is 1870. The molecular weight excluding hydrogens is 668 g/mol. The third-order valence-electron chi connectivity index (χ3n) is 7.64. The Morgan fingerprint density at radius 1 is 0.863 bits per heavy atom. The number of imidazole rings is 2. The Morgan fingerprint density at radius 2 is 1.45 bits per heavy atom. The fourth-order valence-corrected chi connectivity index (χ4v) is 5.15. The van der Waals surface area contributed by atoms with Gasteiger partial charge in [0.25, 0.3) is 5.56 Å². The molecule has 0 aromatic carbocycles. The van der Waals surface area contributed by atoms with Crippen molar-refractivity contribution in [3.63, 3.8) is 0 Å². The molecule has 4 aromatic heterocycles. The number of hydrogen-bond acceptors (Lipinski definition) is 11. The van der Waals surface area contributed by atoms with Gasteiger partial charge in [-0.15, -0.1) is 0 Å². The number of carboxylic acid groups (broad SMARTS) is 4. The van der Waals surface area contributed by atoms with Crippen LogP contribution in [0.15, 0.2) is 59.8 Å². The second-order valence-corrected chi connectivity index (χ2v) is 11.2. The van der Waals surface area contributed by atoms with Crippen LogP contribution in [0.1, 0.15) is 24.0 Å². The van der Waals surface area contributed by atoms with E-state index >= 15 is 0 Å². The second kappa shape index (κ2) is 19.5. The zero-order chi connectivity index (χ0) is 37.5. The van der Waals surface area contributed by atoms with Crippen LogP contribution in [0, 0.1) is 6.92 Å². The van der Waals surface area contributed by atoms with Gasteiger partial charge in [0.15, 0.2) is 5.65 Å². The van der Waals surface area contributed by atoms with Crippen molar-refractivity contribution in [3.05, 3.63) is 82.5 Å². The van der Waals surface area contributed by atoms with E-state index in [1.165, 1.54) is 0 Å². The average molecular weight is 711 g/mol. The molecule has 0 amide bonds. The minimum atomic E-state index is -1.26. The second-order valence-electron chi connectivity index (χ2n) is 11.2. The van der Waals surface area contributed by atoms with Crippen molar-refractivity contribution in [2.45, 2.75) is 33.4 Å². The van der Waals surface area contributed by atoms with Crippen molar-refractivity contribution in [3.8, 4) is 0 Å². The van der Waals surface area contributed by atoms with Crippen LogP contribution in [0.25, 0.3) is 16.9 Å². The summed E-state index contributed by atoms with van der Waals surface area (Å²) in [6, 6.07) is 3.95. The Kier molecular flexibility index (Phi) is 15.2. The quantitative estimate of drug-likeness (QED) is 0.111. The molecule has 4 aromatic rings. The summed E-state index contributed by atoms with van der Waals surface area (Å²) >= 11 is 0. The van der Waals surface area contributed by atoms with Crippen LogP contribution in [0.5, 0.6) is 0 Å². The van der Waals surface area contributed by atoms with E-state index in [-0.39, 0.29) is 5.56 Å². The van der Waals surface area contributed by atoms with E-state index in [4.69, 9.17) is 30.1 Å². The number of nitrogens with zero attached hydrogens (tertiary/aromatic N) is 8. The standard InChI is InChI=1S/C25H34N8O2.2C4H4O4/c1-4-35-17-16-32-22(28-21-6-5-8-26-23(21)32)18-31-13-11-30(12-14-31)9-7-20-19(2)27-25-29(3)10-15-33(25)24(20)34;2*5-3(6)1-2-4(7)8/h5-6,8,10,15H,4,7,9,11-14,16-18H2,1-3H3;2*1-2H,(H,5,6)(H,7,8). The molecule has 0 radical (unpaired) electrons. The number of pyridine rings is 1. The normalized spacial score (nSPS) is 13.6. The fraction of sp³-hybridized carbons (Fsp3) is 0.394. The van der Waals surface area contributed by atoms with E-state index in [1.54, 1.807) is 10.6 Å². The minimum absolute atomic E-state index is 0.0475. The van der Waals surface area contributed by atoms with E-state index in [1.807, 2.05) is 50.0 Å². The number of aromatic nitrogens is 6. The zero-order valence-corrected chi connectivity index (χ0v) is 28.6. The van der Waals surface area contributed by atoms with Crippen molar-refractivity contribution in [2.24, 2.45) is 7.05 Å². The highest BCUT2D eigenvalue weighted by atomic mass is 16.5. The van der Waals surface area contributed by atoms with Gasteiger partial charge in [0.05, 0.1) is 18.8 Å². The van der Waals surface area contributed by atoms with E-state index in [0.717, 1.165) is 74.1 Å². The summed E-state index contributed by atoms with van der Waals surface area (Å²) < 4.78 is 11.3. The summed E-state index contributed by atoms with van der Waals surface area (Å²) in [6.07, 6.45) is 8.43. The van der Waals surface area contributed by atoms with Crippen molar-refractivity contribution < 1.29 is 44.3 Å². The molecule has 5 heterocycles. The Hall–Kier alpha value is -5.72. The molecule has 18 heteroatoms. The van der Waals surface area contributed by atoms with Gasteiger partial charge in [-0.1, -0.05) is 0 Å². The van der Waals surface area contributed by atoms with Gasteiger partial charge >= 0.3 is 23.9 Å². The molecule has 51 heavy (non-hydrogen) atoms. The molecule has 0 unspecified atom stereocenters. The van der Waals surface area contributed by atoms with E-state index < -0.39 is 23.9 Å². The largest absolute Gasteiger partial charge is 0.478 e. The van der Waals surface area contributed by atoms with Crippen LogP contribution >= 0.6 is 0 Å². The Labute approximate surface area is 292 Å². The summed E-state index contributed by atoms with van der Waals surface area (Å²) in [5.41, 5.74) is 3.54. The lowest BCUT2D eigenvalue weighted by atomic mass is 10.1. The van der Waals surface area contributed by atoms with Gasteiger partial charge in [-0.3, -0.25) is 14.1 Å². The highest BCUT2D eigenvalue weighted by Gasteiger charge is 2.21. The van der Waals surface area contributed by atoms with Crippen LogP contribution < -0.4 is 5.56 Å². The van der Waals surface area contributed by atoms with Crippen LogP contribution in [-0.2, 0) is 50.5 Å². The summed E-state index contributed by atoms with van der Waals surface area (Å²) in [7, 11) is 1.91. The molecule has 274 valence electrons. The SMILES string of the molecule is CCOCCn1c(CN2CCN(CCc3c(C)nc4n(C)ccn4c3=O)CC2)nc2cccnc21.O=C(O)C=CC(=O)O.O=C(O)C=CC(=O)O. The number of hydrogen-bond donors (Lipinski definition) is 4. The maximum absolute atomic E-state index is 13.0. The van der Waals surface area contributed by atoms with Gasteiger partial charge in [0, 0.05) is 101 Å². The molecule has 0 bridgehead atoms. The lowest BCUT2D eigenvalue weighted by molar-refractivity contribution is -0.134. The van der Waals surface area contributed by atoms with E-state index in [2.05, 4.69) is 24.3 Å². The number of rotatable bonds is 13. The minimum Gasteiger partial charge on any atom is -0.478 e. The third kappa shape index (κ3) is 12.3.